The summed E-state index contributed by atoms with van der Waals surface area (Å²) >= 11 is 0. The minimum atomic E-state index is -0.573. The highest BCUT2D eigenvalue weighted by atomic mass is 19.1. The van der Waals surface area contributed by atoms with Crippen LogP contribution >= 0.6 is 0 Å². The summed E-state index contributed by atoms with van der Waals surface area (Å²) in [5, 5.41) is 27.5. The third-order valence-electron chi connectivity index (χ3n) is 26.0. The minimum absolute atomic E-state index is 0.0352. The Morgan fingerprint density at radius 3 is 1.62 bits per heavy atom. The Kier molecular flexibility index (Phi) is 28.9. The molecule has 6 aromatic heterocycles. The average Bonchev–Trinajstić information content (AvgIpc) is 1.58. The van der Waals surface area contributed by atoms with Gasteiger partial charge in [0.05, 0.1) is 78.2 Å². The van der Waals surface area contributed by atoms with Crippen molar-refractivity contribution in [2.75, 3.05) is 142 Å². The van der Waals surface area contributed by atoms with Crippen molar-refractivity contribution in [3.63, 3.8) is 0 Å². The van der Waals surface area contributed by atoms with Crippen molar-refractivity contribution in [1.29, 1.82) is 0 Å². The van der Waals surface area contributed by atoms with Crippen LogP contribution in [0.3, 0.4) is 0 Å². The molecule has 6 saturated heterocycles. The number of benzene rings is 2. The van der Waals surface area contributed by atoms with Crippen molar-refractivity contribution >= 4 is 81.5 Å². The summed E-state index contributed by atoms with van der Waals surface area (Å²) in [4.78, 5) is 104. The number of aryl methyl sites for hydroxylation is 2. The average molecular weight is 1810 g/mol. The van der Waals surface area contributed by atoms with Crippen molar-refractivity contribution in [3.05, 3.63) is 233 Å². The second-order valence-electron chi connectivity index (χ2n) is 34.7. The predicted molar refractivity (Wildman–Crippen MR) is 499 cm³/mol. The summed E-state index contributed by atoms with van der Waals surface area (Å²) < 4.78 is 89.4. The summed E-state index contributed by atoms with van der Waals surface area (Å²) in [6.45, 7) is 44.5. The van der Waals surface area contributed by atoms with Crippen LogP contribution in [0.4, 0.5) is 73.9 Å². The molecule has 0 saturated carbocycles. The number of carbonyl (C=O) groups excluding carboxylic acids is 5. The number of anilines is 9. The first kappa shape index (κ1) is 93.2. The minimum Gasteiger partial charge on any atom is -0.379 e. The monoisotopic (exact) mass is 1810 g/mol. The second-order valence-corrected chi connectivity index (χ2v) is 34.7. The SMILES string of the molecule is C=CC(=C)N1CCC[C@@H](N(C)c2nc(-c3cnc(C)[nH]3)c3c(c2F)CNC3=O)C1.C=CC(=C)N1CCC[C@@H](Nc2nc(Nc3ccc(N4CCOC[C@@H]4C)cc3F)c3c(c2F)CNC3=O)C1.C=CC(=C)N1C[C@H](N(C)c2nc(-c3cnn(C)c3)c3c(c2F)CNC3=O)CC[C@H]1C.C=CC(=O)N1CCC[C@@H](Nc2nc(Nc3ccc(CN4CCOCC4)cc3)c3c(c2F)CNC3=O)C1. The molecule has 0 radical (unpaired) electrons. The number of carbonyl (C=O) groups is 5. The first-order valence-corrected chi connectivity index (χ1v) is 44.8. The quantitative estimate of drug-likeness (QED) is 0.0154. The summed E-state index contributed by atoms with van der Waals surface area (Å²) in [5.41, 5.74) is 9.73. The van der Waals surface area contributed by atoms with Crippen LogP contribution in [0, 0.1) is 36.0 Å². The van der Waals surface area contributed by atoms with Gasteiger partial charge in [-0.1, -0.05) is 58.2 Å². The van der Waals surface area contributed by atoms with E-state index in [4.69, 9.17) is 9.47 Å². The Balaban J connectivity index is 0.000000135. The molecule has 6 atom stereocenters. The maximum absolute atomic E-state index is 15.5. The van der Waals surface area contributed by atoms with Gasteiger partial charge in [-0.05, 0) is 132 Å². The predicted octanol–water partition coefficient (Wildman–Crippen LogP) is 12.4. The number of nitrogens with one attached hydrogen (secondary N) is 9. The molecule has 0 spiro atoms. The Hall–Kier alpha value is -13.5. The molecule has 5 amide bonds. The van der Waals surface area contributed by atoms with Crippen LogP contribution in [0.2, 0.25) is 0 Å². The van der Waals surface area contributed by atoms with Gasteiger partial charge in [0.2, 0.25) is 5.91 Å². The van der Waals surface area contributed by atoms with Gasteiger partial charge in [0.1, 0.15) is 29.0 Å². The highest BCUT2D eigenvalue weighted by Crippen LogP contribution is 2.41. The normalized spacial score (nSPS) is 20.2. The van der Waals surface area contributed by atoms with Gasteiger partial charge in [0.25, 0.3) is 23.6 Å². The Morgan fingerprint density at radius 1 is 0.553 bits per heavy atom. The van der Waals surface area contributed by atoms with Crippen LogP contribution in [0.25, 0.3) is 22.6 Å². The van der Waals surface area contributed by atoms with Gasteiger partial charge in [-0.3, -0.25) is 33.6 Å². The van der Waals surface area contributed by atoms with Crippen molar-refractivity contribution in [2.24, 2.45) is 7.05 Å². The molecular weight excluding hydrogens is 1700 g/mol. The molecule has 2 aromatic carbocycles. The number of ether oxygens (including phenoxy) is 2. The maximum atomic E-state index is 15.5. The highest BCUT2D eigenvalue weighted by molar-refractivity contribution is 6.06. The second kappa shape index (κ2) is 40.9. The molecule has 0 aliphatic carbocycles. The number of likely N-dealkylation sites (N-methyl/N-ethyl adjacent to an activating group) is 2. The van der Waals surface area contributed by atoms with Crippen molar-refractivity contribution < 1.29 is 55.4 Å². The van der Waals surface area contributed by atoms with Gasteiger partial charge >= 0.3 is 0 Å². The number of aromatic nitrogens is 8. The first-order valence-electron chi connectivity index (χ1n) is 44.8. The van der Waals surface area contributed by atoms with Crippen LogP contribution < -0.4 is 57.2 Å². The van der Waals surface area contributed by atoms with Gasteiger partial charge in [-0.15, -0.1) is 0 Å². The van der Waals surface area contributed by atoms with E-state index in [9.17, 15) is 24.0 Å². The number of pyridine rings is 4. The zero-order valence-electron chi connectivity index (χ0n) is 75.5. The number of piperidine rings is 4. The third kappa shape index (κ3) is 20.2. The molecule has 8 aromatic rings. The number of imidazole rings is 1. The number of rotatable bonds is 24. The topological polar surface area (TPSA) is 324 Å². The standard InChI is InChI=1S/C27H32F2N6O2.C26H31FN6O3.C22H27FN6O.C21H25FN6O/c1-4-16(2)34-9-5-6-18(14-34)31-26-24(29)20-13-30-27(36)23(20)25(33-26)32-22-8-7-19(12-21(22)28)35-10-11-37-15-17(35)3;1-2-21(34)33-9-3-4-19(16-33)30-25-23(27)20-14-28-26(35)22(20)24(31-25)29-18-7-5-17(6-8-18)15-32-10-12-36-13-11-32;1-6-13(2)29-12-16(8-7-14(29)3)28(5)21-19(23)17-10-24-22(30)18(17)20(26-21)15-9-25-27(4)11-15;1-5-12(2)28-8-6-7-14(11-28)27(4)20-18(22)15-9-24-21(29)17(15)19(26-20)16-10-23-13(3)25-16/h4,7-8,12,17-18H,1-2,5-6,9-11,13-15H2,3H3,(H,30,36)(H2,31,32,33);2,5-8,19H,1,3-4,9-16H2,(H,28,35)(H2,29,30,31);6,9,11,14,16H,1-2,7-8,10,12H2,3-5H3,(H,24,30);5,10,14H,1-2,6-9,11H2,3-4H3,(H,23,25)(H,24,29)/t17-,18+;19-;14-,16-;14-/m0111/s1. The van der Waals surface area contributed by atoms with Crippen LogP contribution in [0.15, 0.2) is 149 Å². The van der Waals surface area contributed by atoms with Crippen LogP contribution in [-0.2, 0) is 54.0 Å². The lowest BCUT2D eigenvalue weighted by Crippen LogP contribution is -2.49. The molecule has 36 heteroatoms. The molecule has 6 fully saturated rings. The number of nitrogens with zero attached hydrogens (tertiary/aromatic N) is 15. The van der Waals surface area contributed by atoms with E-state index in [1.165, 1.54) is 17.7 Å². The molecule has 10 aliphatic heterocycles. The van der Waals surface area contributed by atoms with Crippen LogP contribution in [0.1, 0.15) is 140 Å². The molecule has 132 heavy (non-hydrogen) atoms. The zero-order valence-corrected chi connectivity index (χ0v) is 75.5. The fourth-order valence-corrected chi connectivity index (χ4v) is 18.5. The maximum Gasteiger partial charge on any atom is 0.255 e. The van der Waals surface area contributed by atoms with Gasteiger partial charge < -0.3 is 91.3 Å². The van der Waals surface area contributed by atoms with E-state index in [1.54, 1.807) is 59.5 Å². The van der Waals surface area contributed by atoms with E-state index >= 15 is 22.0 Å². The number of aromatic amines is 1. The van der Waals surface area contributed by atoms with Crippen molar-refractivity contribution in [1.82, 2.24) is 85.5 Å². The summed E-state index contributed by atoms with van der Waals surface area (Å²) in [6, 6.07) is 13.2. The van der Waals surface area contributed by atoms with Crippen molar-refractivity contribution in [3.8, 4) is 22.6 Å². The summed E-state index contributed by atoms with van der Waals surface area (Å²) in [5.74, 6) is -2.29. The lowest BCUT2D eigenvalue weighted by molar-refractivity contribution is -0.127. The molecular formula is C96H115F5N24O7. The Bertz CT molecular complexity index is 5800. The molecule has 0 bridgehead atoms. The number of allylic oxidation sites excluding steroid dienone is 3. The summed E-state index contributed by atoms with van der Waals surface area (Å²) in [7, 11) is 5.52. The van der Waals surface area contributed by atoms with E-state index in [0.717, 1.165) is 132 Å². The zero-order chi connectivity index (χ0) is 93.5. The van der Waals surface area contributed by atoms with E-state index in [1.807, 2.05) is 68.1 Å². The molecule has 10 aliphatic rings. The molecule has 696 valence electrons. The number of likely N-dealkylation sites (tertiary alicyclic amines) is 4. The van der Waals surface area contributed by atoms with E-state index in [-0.39, 0.29) is 137 Å². The number of amides is 5. The highest BCUT2D eigenvalue weighted by Gasteiger charge is 2.40. The van der Waals surface area contributed by atoms with E-state index in [0.29, 0.717) is 109 Å². The lowest BCUT2D eigenvalue weighted by atomic mass is 9.97. The molecule has 31 nitrogen and oxygen atoms in total. The van der Waals surface area contributed by atoms with Crippen LogP contribution in [-0.4, -0.2) is 236 Å². The van der Waals surface area contributed by atoms with Gasteiger partial charge in [-0.2, -0.15) is 5.10 Å². The van der Waals surface area contributed by atoms with Crippen molar-refractivity contribution in [2.45, 2.75) is 141 Å². The number of hydrogen-bond acceptors (Lipinski definition) is 24. The first-order chi connectivity index (χ1) is 63.6. The lowest BCUT2D eigenvalue weighted by Gasteiger charge is -2.43. The fraction of sp³-hybridized carbons (Fsp3) is 0.406. The number of morpholine rings is 2. The molecule has 9 N–H and O–H groups in total. The van der Waals surface area contributed by atoms with Crippen LogP contribution in [0.5, 0.6) is 0 Å². The fourth-order valence-electron chi connectivity index (χ4n) is 18.5. The number of hydrogen-bond donors (Lipinski definition) is 9. The third-order valence-corrected chi connectivity index (χ3v) is 26.0. The number of fused-ring (bicyclic) bond motifs is 4. The molecule has 16 heterocycles. The molecule has 18 rings (SSSR count). The van der Waals surface area contributed by atoms with E-state index in [2.05, 4.69) is 155 Å². The summed E-state index contributed by atoms with van der Waals surface area (Å²) in [6.07, 6.45) is 18.6. The van der Waals surface area contributed by atoms with Gasteiger partial charge in [-0.25, -0.2) is 46.9 Å². The molecule has 0 unspecified atom stereocenters. The number of H-pyrrole nitrogens is 1. The van der Waals surface area contributed by atoms with Gasteiger partial charge in [0.15, 0.2) is 46.5 Å². The smallest absolute Gasteiger partial charge is 0.255 e. The number of halogens is 5. The Labute approximate surface area is 764 Å². The largest absolute Gasteiger partial charge is 0.379 e. The van der Waals surface area contributed by atoms with E-state index < -0.39 is 35.0 Å². The van der Waals surface area contributed by atoms with Gasteiger partial charge in [0, 0.05) is 218 Å². The Morgan fingerprint density at radius 2 is 1.08 bits per heavy atom.